The molecule has 0 aromatic heterocycles. The molecule has 0 aliphatic heterocycles. The zero-order chi connectivity index (χ0) is 15.5. The number of halogens is 1. The fourth-order valence-electron chi connectivity index (χ4n) is 4.23. The number of nitrogens with one attached hydrogen (secondary N) is 1. The van der Waals surface area contributed by atoms with Crippen LogP contribution in [0.2, 0.25) is 0 Å². The van der Waals surface area contributed by atoms with Crippen LogP contribution in [0.4, 0.5) is 0 Å². The Hall–Kier alpha value is -0.540. The number of benzene rings is 1. The first-order valence-corrected chi connectivity index (χ1v) is 8.82. The summed E-state index contributed by atoms with van der Waals surface area (Å²) in [5, 5.41) is 3.61. The van der Waals surface area contributed by atoms with E-state index >= 15 is 0 Å². The van der Waals surface area contributed by atoms with Crippen LogP contribution in [0.25, 0.3) is 0 Å². The topological polar surface area (TPSA) is 21.3 Å². The lowest BCUT2D eigenvalue weighted by atomic mass is 9.70. The van der Waals surface area contributed by atoms with E-state index in [1.807, 2.05) is 0 Å². The summed E-state index contributed by atoms with van der Waals surface area (Å²) >= 11 is 3.62. The van der Waals surface area contributed by atoms with Crippen LogP contribution in [-0.2, 0) is 0 Å². The standard InChI is InChI=1S/C18H28BrNO/c1-13(2)12-18(9-5-6-10-18)17(20-3)15-11-14(19)7-8-16(15)21-4/h7-8,11,13,17,20H,5-6,9-10,12H2,1-4H3. The first-order valence-electron chi connectivity index (χ1n) is 8.03. The summed E-state index contributed by atoms with van der Waals surface area (Å²) < 4.78 is 6.75. The zero-order valence-electron chi connectivity index (χ0n) is 13.7. The van der Waals surface area contributed by atoms with Gasteiger partial charge in [-0.1, -0.05) is 42.6 Å². The minimum Gasteiger partial charge on any atom is -0.496 e. The lowest BCUT2D eigenvalue weighted by molar-refractivity contribution is 0.159. The Labute approximate surface area is 137 Å². The van der Waals surface area contributed by atoms with Crippen LogP contribution >= 0.6 is 15.9 Å². The molecule has 0 amide bonds. The molecule has 1 fully saturated rings. The molecule has 1 N–H and O–H groups in total. The minimum absolute atomic E-state index is 0.356. The molecule has 1 aliphatic carbocycles. The van der Waals surface area contributed by atoms with Gasteiger partial charge in [0.2, 0.25) is 0 Å². The molecule has 2 nitrogen and oxygen atoms in total. The maximum atomic E-state index is 5.63. The van der Waals surface area contributed by atoms with Crippen LogP contribution in [0.3, 0.4) is 0 Å². The lowest BCUT2D eigenvalue weighted by Gasteiger charge is -2.40. The van der Waals surface area contributed by atoms with E-state index in [2.05, 4.69) is 60.3 Å². The summed E-state index contributed by atoms with van der Waals surface area (Å²) in [5.74, 6) is 1.71. The van der Waals surface area contributed by atoms with Crippen molar-refractivity contribution in [2.75, 3.05) is 14.2 Å². The molecule has 0 saturated heterocycles. The molecule has 0 heterocycles. The SMILES string of the molecule is CNC(c1cc(Br)ccc1OC)C1(CC(C)C)CCCC1. The Morgan fingerprint density at radius 1 is 1.29 bits per heavy atom. The summed E-state index contributed by atoms with van der Waals surface area (Å²) in [6.07, 6.45) is 6.59. The highest BCUT2D eigenvalue weighted by Crippen LogP contribution is 2.53. The molecular formula is C18H28BrNO. The van der Waals surface area contributed by atoms with E-state index in [4.69, 9.17) is 4.74 Å². The van der Waals surface area contributed by atoms with Gasteiger partial charge in [0.15, 0.2) is 0 Å². The third-order valence-electron chi connectivity index (χ3n) is 4.82. The van der Waals surface area contributed by atoms with E-state index in [-0.39, 0.29) is 0 Å². The Kier molecular flexibility index (Phi) is 5.73. The first-order chi connectivity index (χ1) is 10.0. The van der Waals surface area contributed by atoms with Gasteiger partial charge in [-0.05, 0) is 55.8 Å². The number of methoxy groups -OCH3 is 1. The number of ether oxygens (including phenoxy) is 1. The average Bonchev–Trinajstić information content (AvgIpc) is 2.88. The molecule has 3 heteroatoms. The summed E-state index contributed by atoms with van der Waals surface area (Å²) in [6, 6.07) is 6.70. The van der Waals surface area contributed by atoms with Crippen LogP contribution < -0.4 is 10.1 Å². The predicted octanol–water partition coefficient (Wildman–Crippen LogP) is 5.32. The van der Waals surface area contributed by atoms with Crippen molar-refractivity contribution in [3.8, 4) is 5.75 Å². The molecule has 2 rings (SSSR count). The number of hydrogen-bond acceptors (Lipinski definition) is 2. The van der Waals surface area contributed by atoms with Crippen LogP contribution in [0.5, 0.6) is 5.75 Å². The van der Waals surface area contributed by atoms with Crippen LogP contribution in [0.1, 0.15) is 57.6 Å². The zero-order valence-corrected chi connectivity index (χ0v) is 15.3. The fourth-order valence-corrected chi connectivity index (χ4v) is 4.60. The van der Waals surface area contributed by atoms with Gasteiger partial charge in [-0.15, -0.1) is 0 Å². The van der Waals surface area contributed by atoms with Gasteiger partial charge in [0.05, 0.1) is 7.11 Å². The van der Waals surface area contributed by atoms with E-state index in [0.717, 1.165) is 16.1 Å². The fraction of sp³-hybridized carbons (Fsp3) is 0.667. The van der Waals surface area contributed by atoms with Crippen LogP contribution in [0.15, 0.2) is 22.7 Å². The maximum Gasteiger partial charge on any atom is 0.123 e. The molecule has 1 saturated carbocycles. The third-order valence-corrected chi connectivity index (χ3v) is 5.31. The second-order valence-electron chi connectivity index (χ2n) is 6.78. The number of hydrogen-bond donors (Lipinski definition) is 1. The Morgan fingerprint density at radius 2 is 1.95 bits per heavy atom. The first kappa shape index (κ1) is 16.8. The van der Waals surface area contributed by atoms with Crippen LogP contribution in [0, 0.1) is 11.3 Å². The predicted molar refractivity (Wildman–Crippen MR) is 92.9 cm³/mol. The lowest BCUT2D eigenvalue weighted by Crippen LogP contribution is -2.36. The summed E-state index contributed by atoms with van der Waals surface area (Å²) in [7, 11) is 3.86. The van der Waals surface area contributed by atoms with E-state index in [0.29, 0.717) is 11.5 Å². The Morgan fingerprint density at radius 3 is 2.48 bits per heavy atom. The second kappa shape index (κ2) is 7.15. The van der Waals surface area contributed by atoms with Gasteiger partial charge in [0.25, 0.3) is 0 Å². The molecular weight excluding hydrogens is 326 g/mol. The van der Waals surface area contributed by atoms with E-state index < -0.39 is 0 Å². The summed E-state index contributed by atoms with van der Waals surface area (Å²) in [6.45, 7) is 4.68. The van der Waals surface area contributed by atoms with Crippen molar-refractivity contribution in [1.82, 2.24) is 5.32 Å². The van der Waals surface area contributed by atoms with E-state index in [9.17, 15) is 0 Å². The quantitative estimate of drug-likeness (QED) is 0.746. The Balaban J connectivity index is 2.43. The summed E-state index contributed by atoms with van der Waals surface area (Å²) in [5.41, 5.74) is 1.65. The van der Waals surface area contributed by atoms with E-state index in [1.54, 1.807) is 7.11 Å². The van der Waals surface area contributed by atoms with Crippen LogP contribution in [-0.4, -0.2) is 14.2 Å². The molecule has 1 atom stereocenters. The highest BCUT2D eigenvalue weighted by atomic mass is 79.9. The smallest absolute Gasteiger partial charge is 0.123 e. The molecule has 0 spiro atoms. The molecule has 118 valence electrons. The van der Waals surface area contributed by atoms with Gasteiger partial charge in [-0.25, -0.2) is 0 Å². The molecule has 1 unspecified atom stereocenters. The molecule has 0 radical (unpaired) electrons. The van der Waals surface area contributed by atoms with Crippen molar-refractivity contribution in [2.45, 2.75) is 52.0 Å². The molecule has 1 aromatic rings. The third kappa shape index (κ3) is 3.62. The van der Waals surface area contributed by atoms with Crippen molar-refractivity contribution in [1.29, 1.82) is 0 Å². The second-order valence-corrected chi connectivity index (χ2v) is 7.69. The van der Waals surface area contributed by atoms with Gasteiger partial charge in [0.1, 0.15) is 5.75 Å². The van der Waals surface area contributed by atoms with Crippen molar-refractivity contribution in [2.24, 2.45) is 11.3 Å². The Bertz CT molecular complexity index is 466. The normalized spacial score (nSPS) is 19.0. The highest BCUT2D eigenvalue weighted by molar-refractivity contribution is 9.10. The summed E-state index contributed by atoms with van der Waals surface area (Å²) in [4.78, 5) is 0. The molecule has 0 bridgehead atoms. The van der Waals surface area contributed by atoms with Gasteiger partial charge >= 0.3 is 0 Å². The van der Waals surface area contributed by atoms with Gasteiger partial charge in [-0.2, -0.15) is 0 Å². The highest BCUT2D eigenvalue weighted by Gasteiger charge is 2.42. The van der Waals surface area contributed by atoms with Gasteiger partial charge < -0.3 is 10.1 Å². The molecule has 21 heavy (non-hydrogen) atoms. The maximum absolute atomic E-state index is 5.63. The monoisotopic (exact) mass is 353 g/mol. The van der Waals surface area contributed by atoms with Gasteiger partial charge in [0, 0.05) is 16.1 Å². The largest absolute Gasteiger partial charge is 0.496 e. The average molecular weight is 354 g/mol. The minimum atomic E-state index is 0.356. The van der Waals surface area contributed by atoms with Crippen molar-refractivity contribution >= 4 is 15.9 Å². The molecule has 1 aliphatic rings. The van der Waals surface area contributed by atoms with Gasteiger partial charge in [-0.3, -0.25) is 0 Å². The van der Waals surface area contributed by atoms with Crippen molar-refractivity contribution in [3.05, 3.63) is 28.2 Å². The molecule has 1 aromatic carbocycles. The van der Waals surface area contributed by atoms with Crippen molar-refractivity contribution < 1.29 is 4.74 Å². The van der Waals surface area contributed by atoms with Crippen molar-refractivity contribution in [3.63, 3.8) is 0 Å². The van der Waals surface area contributed by atoms with E-state index in [1.165, 1.54) is 37.7 Å². The number of rotatable bonds is 6.